The number of furan rings is 1. The van der Waals surface area contributed by atoms with Crippen molar-refractivity contribution in [2.75, 3.05) is 11.1 Å². The Kier molecular flexibility index (Phi) is 2.87. The number of amides is 1. The number of carbonyl (C=O) groups is 1. The third kappa shape index (κ3) is 2.30. The Bertz CT molecular complexity index is 558. The van der Waals surface area contributed by atoms with Crippen LogP contribution in [0.3, 0.4) is 0 Å². The lowest BCUT2D eigenvalue weighted by Gasteiger charge is -2.08. The number of nitrogens with two attached hydrogens (primary N) is 1. The number of rotatable bonds is 2. The fourth-order valence-electron chi connectivity index (χ4n) is 1.58. The molecule has 4 nitrogen and oxygen atoms in total. The summed E-state index contributed by atoms with van der Waals surface area (Å²) < 4.78 is 5.09. The summed E-state index contributed by atoms with van der Waals surface area (Å²) in [4.78, 5) is 11.9. The van der Waals surface area contributed by atoms with Crippen LogP contribution in [0.1, 0.15) is 21.7 Å². The Morgan fingerprint density at radius 1 is 1.29 bits per heavy atom. The highest BCUT2D eigenvalue weighted by Crippen LogP contribution is 2.19. The molecule has 0 aliphatic rings. The van der Waals surface area contributed by atoms with Gasteiger partial charge in [0.25, 0.3) is 5.91 Å². The smallest absolute Gasteiger partial charge is 0.259 e. The highest BCUT2D eigenvalue weighted by Gasteiger charge is 2.12. The molecule has 0 spiro atoms. The van der Waals surface area contributed by atoms with Gasteiger partial charge in [0, 0.05) is 11.4 Å². The molecule has 88 valence electrons. The van der Waals surface area contributed by atoms with Crippen molar-refractivity contribution >= 4 is 17.3 Å². The van der Waals surface area contributed by atoms with Crippen molar-refractivity contribution in [1.29, 1.82) is 0 Å². The predicted molar refractivity (Wildman–Crippen MR) is 67.0 cm³/mol. The minimum atomic E-state index is -0.190. The molecule has 1 aromatic heterocycles. The Morgan fingerprint density at radius 2 is 2.06 bits per heavy atom. The van der Waals surface area contributed by atoms with Crippen molar-refractivity contribution < 1.29 is 9.21 Å². The van der Waals surface area contributed by atoms with Gasteiger partial charge in [0.05, 0.1) is 11.8 Å². The summed E-state index contributed by atoms with van der Waals surface area (Å²) in [5.74, 6) is 0.411. The van der Waals surface area contributed by atoms with Gasteiger partial charge in [-0.2, -0.15) is 0 Å². The lowest BCUT2D eigenvalue weighted by Crippen LogP contribution is -2.13. The molecular weight excluding hydrogens is 216 g/mol. The first-order chi connectivity index (χ1) is 8.08. The second kappa shape index (κ2) is 4.33. The van der Waals surface area contributed by atoms with Crippen molar-refractivity contribution in [2.24, 2.45) is 0 Å². The number of benzene rings is 1. The second-order valence-electron chi connectivity index (χ2n) is 3.92. The van der Waals surface area contributed by atoms with Crippen molar-refractivity contribution in [3.63, 3.8) is 0 Å². The summed E-state index contributed by atoms with van der Waals surface area (Å²) in [6.45, 7) is 3.67. The van der Waals surface area contributed by atoms with Crippen molar-refractivity contribution in [3.05, 3.63) is 47.4 Å². The van der Waals surface area contributed by atoms with Crippen molar-refractivity contribution in [1.82, 2.24) is 0 Å². The Hall–Kier alpha value is -2.23. The van der Waals surface area contributed by atoms with Gasteiger partial charge in [-0.15, -0.1) is 0 Å². The van der Waals surface area contributed by atoms with E-state index < -0.39 is 0 Å². The van der Waals surface area contributed by atoms with Crippen LogP contribution in [0.15, 0.2) is 34.9 Å². The van der Waals surface area contributed by atoms with E-state index in [1.807, 2.05) is 13.0 Å². The standard InChI is InChI=1S/C13H14N2O2/c1-8-3-4-10(14)7-12(8)15-13(16)11-5-6-17-9(11)2/h3-7H,14H2,1-2H3,(H,15,16). The molecule has 17 heavy (non-hydrogen) atoms. The van der Waals surface area contributed by atoms with Crippen LogP contribution in [-0.2, 0) is 0 Å². The van der Waals surface area contributed by atoms with Crippen LogP contribution < -0.4 is 11.1 Å². The van der Waals surface area contributed by atoms with E-state index in [-0.39, 0.29) is 5.91 Å². The highest BCUT2D eigenvalue weighted by atomic mass is 16.3. The molecule has 2 aromatic rings. The number of anilines is 2. The van der Waals surface area contributed by atoms with Gasteiger partial charge in [-0.25, -0.2) is 0 Å². The Morgan fingerprint density at radius 3 is 2.71 bits per heavy atom. The zero-order valence-corrected chi connectivity index (χ0v) is 9.78. The van der Waals surface area contributed by atoms with E-state index in [1.165, 1.54) is 6.26 Å². The molecule has 1 heterocycles. The third-order valence-electron chi connectivity index (χ3n) is 2.61. The van der Waals surface area contributed by atoms with Gasteiger partial charge in [0.1, 0.15) is 5.76 Å². The first kappa shape index (κ1) is 11.3. The van der Waals surface area contributed by atoms with E-state index in [9.17, 15) is 4.79 Å². The maximum absolute atomic E-state index is 11.9. The van der Waals surface area contributed by atoms with Gasteiger partial charge < -0.3 is 15.5 Å². The number of nitrogens with one attached hydrogen (secondary N) is 1. The number of nitrogen functional groups attached to an aromatic ring is 1. The van der Waals surface area contributed by atoms with E-state index in [0.717, 1.165) is 11.3 Å². The zero-order chi connectivity index (χ0) is 12.4. The summed E-state index contributed by atoms with van der Waals surface area (Å²) in [5, 5.41) is 2.82. The molecule has 2 rings (SSSR count). The van der Waals surface area contributed by atoms with Gasteiger partial charge in [-0.1, -0.05) is 6.07 Å². The fraction of sp³-hybridized carbons (Fsp3) is 0.154. The quantitative estimate of drug-likeness (QED) is 0.779. The first-order valence-corrected chi connectivity index (χ1v) is 5.29. The van der Waals surface area contributed by atoms with Crippen LogP contribution in [0.5, 0.6) is 0 Å². The molecule has 0 radical (unpaired) electrons. The maximum atomic E-state index is 11.9. The minimum Gasteiger partial charge on any atom is -0.469 e. The van der Waals surface area contributed by atoms with Crippen molar-refractivity contribution in [3.8, 4) is 0 Å². The molecule has 0 atom stereocenters. The molecule has 4 heteroatoms. The predicted octanol–water partition coefficient (Wildman–Crippen LogP) is 2.73. The van der Waals surface area contributed by atoms with E-state index in [2.05, 4.69) is 5.32 Å². The lowest BCUT2D eigenvalue weighted by molar-refractivity contribution is 0.102. The van der Waals surface area contributed by atoms with Gasteiger partial charge in [-0.3, -0.25) is 4.79 Å². The number of aryl methyl sites for hydroxylation is 2. The summed E-state index contributed by atoms with van der Waals surface area (Å²) >= 11 is 0. The molecule has 3 N–H and O–H groups in total. The summed E-state index contributed by atoms with van der Waals surface area (Å²) in [5.41, 5.74) is 8.52. The van der Waals surface area contributed by atoms with E-state index in [1.54, 1.807) is 25.1 Å². The van der Waals surface area contributed by atoms with E-state index >= 15 is 0 Å². The number of carbonyl (C=O) groups excluding carboxylic acids is 1. The highest BCUT2D eigenvalue weighted by molar-refractivity contribution is 6.05. The van der Waals surface area contributed by atoms with Crippen LogP contribution >= 0.6 is 0 Å². The van der Waals surface area contributed by atoms with E-state index in [4.69, 9.17) is 10.2 Å². The van der Waals surface area contributed by atoms with Crippen LogP contribution in [0, 0.1) is 13.8 Å². The Balaban J connectivity index is 2.24. The van der Waals surface area contributed by atoms with Gasteiger partial charge >= 0.3 is 0 Å². The molecule has 0 fully saturated rings. The first-order valence-electron chi connectivity index (χ1n) is 5.29. The monoisotopic (exact) mass is 230 g/mol. The molecule has 1 amide bonds. The maximum Gasteiger partial charge on any atom is 0.259 e. The largest absolute Gasteiger partial charge is 0.469 e. The average Bonchev–Trinajstić information content (AvgIpc) is 2.70. The van der Waals surface area contributed by atoms with Crippen LogP contribution in [0.2, 0.25) is 0 Å². The second-order valence-corrected chi connectivity index (χ2v) is 3.92. The zero-order valence-electron chi connectivity index (χ0n) is 9.78. The number of hydrogen-bond donors (Lipinski definition) is 2. The Labute approximate surface area is 99.4 Å². The molecule has 0 unspecified atom stereocenters. The molecular formula is C13H14N2O2. The molecule has 0 aliphatic heterocycles. The van der Waals surface area contributed by atoms with E-state index in [0.29, 0.717) is 17.0 Å². The molecule has 1 aromatic carbocycles. The summed E-state index contributed by atoms with van der Waals surface area (Å²) in [7, 11) is 0. The molecule has 0 saturated carbocycles. The van der Waals surface area contributed by atoms with Gasteiger partial charge in [-0.05, 0) is 37.6 Å². The lowest BCUT2D eigenvalue weighted by atomic mass is 10.1. The number of hydrogen-bond acceptors (Lipinski definition) is 3. The average molecular weight is 230 g/mol. The van der Waals surface area contributed by atoms with Crippen molar-refractivity contribution in [2.45, 2.75) is 13.8 Å². The topological polar surface area (TPSA) is 68.3 Å². The van der Waals surface area contributed by atoms with Gasteiger partial charge in [0.15, 0.2) is 0 Å². The summed E-state index contributed by atoms with van der Waals surface area (Å²) in [6, 6.07) is 7.05. The molecule has 0 saturated heterocycles. The SMILES string of the molecule is Cc1ccc(N)cc1NC(=O)c1ccoc1C. The molecule has 0 bridgehead atoms. The third-order valence-corrected chi connectivity index (χ3v) is 2.61. The molecule has 0 aliphatic carbocycles. The minimum absolute atomic E-state index is 0.190. The fourth-order valence-corrected chi connectivity index (χ4v) is 1.58. The van der Waals surface area contributed by atoms with Gasteiger partial charge in [0.2, 0.25) is 0 Å². The van der Waals surface area contributed by atoms with Crippen LogP contribution in [0.25, 0.3) is 0 Å². The van der Waals surface area contributed by atoms with Crippen LogP contribution in [0.4, 0.5) is 11.4 Å². The van der Waals surface area contributed by atoms with Crippen LogP contribution in [-0.4, -0.2) is 5.91 Å². The normalized spacial score (nSPS) is 10.2. The summed E-state index contributed by atoms with van der Waals surface area (Å²) in [6.07, 6.45) is 1.50.